The molecule has 0 aliphatic heterocycles. The van der Waals surface area contributed by atoms with Crippen molar-refractivity contribution in [2.24, 2.45) is 7.05 Å². The van der Waals surface area contributed by atoms with E-state index in [4.69, 9.17) is 10.7 Å². The fourth-order valence-electron chi connectivity index (χ4n) is 4.52. The van der Waals surface area contributed by atoms with E-state index in [0.29, 0.717) is 39.3 Å². The molecule has 0 radical (unpaired) electrons. The molecule has 0 saturated heterocycles. The molecule has 0 fully saturated rings. The summed E-state index contributed by atoms with van der Waals surface area (Å²) in [6.45, 7) is 1.92. The highest BCUT2D eigenvalue weighted by Gasteiger charge is 2.22. The van der Waals surface area contributed by atoms with Crippen molar-refractivity contribution in [3.63, 3.8) is 0 Å². The number of nitrogens with zero attached hydrogens (tertiary/aromatic N) is 7. The van der Waals surface area contributed by atoms with Crippen LogP contribution in [0.25, 0.3) is 38.8 Å². The Balaban J connectivity index is 1.57. The van der Waals surface area contributed by atoms with Gasteiger partial charge in [0.15, 0.2) is 5.82 Å². The molecule has 0 amide bonds. The van der Waals surface area contributed by atoms with Gasteiger partial charge in [0.2, 0.25) is 5.95 Å². The van der Waals surface area contributed by atoms with Crippen LogP contribution in [0, 0.1) is 0 Å². The number of aromatic nitrogens is 7. The van der Waals surface area contributed by atoms with Gasteiger partial charge in [-0.05, 0) is 42.8 Å². The minimum Gasteiger partial charge on any atom is -0.368 e. The Kier molecular flexibility index (Phi) is 5.33. The molecule has 4 heterocycles. The summed E-state index contributed by atoms with van der Waals surface area (Å²) < 4.78 is 3.35. The maximum absolute atomic E-state index is 14.2. The number of nitrogens with one attached hydrogen (secondary N) is 1. The number of aryl methyl sites for hydroxylation is 1. The molecule has 182 valence electrons. The molecule has 10 heteroatoms. The van der Waals surface area contributed by atoms with E-state index < -0.39 is 6.04 Å². The number of rotatable bonds is 5. The van der Waals surface area contributed by atoms with Gasteiger partial charge in [0.05, 0.1) is 34.3 Å². The second-order valence-electron chi connectivity index (χ2n) is 8.72. The smallest absolute Gasteiger partial charge is 0.266 e. The number of fused-ring (bicyclic) bond motifs is 2. The van der Waals surface area contributed by atoms with Crippen LogP contribution in [0.4, 0.5) is 11.8 Å². The number of hydrogen-bond donors (Lipinski definition) is 2. The molecule has 6 aromatic rings. The van der Waals surface area contributed by atoms with Crippen molar-refractivity contribution in [2.45, 2.75) is 13.0 Å². The van der Waals surface area contributed by atoms with Gasteiger partial charge in [0, 0.05) is 25.0 Å². The number of pyridine rings is 1. The highest BCUT2D eigenvalue weighted by Crippen LogP contribution is 2.29. The Hall–Kier alpha value is -5.12. The summed E-state index contributed by atoms with van der Waals surface area (Å²) >= 11 is 0. The largest absolute Gasteiger partial charge is 0.368 e. The first-order valence-corrected chi connectivity index (χ1v) is 11.7. The first kappa shape index (κ1) is 22.4. The number of nitrogen functional groups attached to an aromatic ring is 1. The van der Waals surface area contributed by atoms with E-state index in [1.807, 2.05) is 74.8 Å². The standard InChI is InChI=1S/C27H23N9O/c1-16(31-24-23-21(12-7-13-29-23)33-27(28)34-24)25-32-20-11-6-10-19(17-14-30-35(2)15-17)22(20)26(37)36(25)18-8-4-3-5-9-18/h3-16H,1-2H3,(H3,28,31,33,34). The minimum atomic E-state index is -0.432. The summed E-state index contributed by atoms with van der Waals surface area (Å²) in [7, 11) is 1.85. The summed E-state index contributed by atoms with van der Waals surface area (Å²) in [4.78, 5) is 32.2. The van der Waals surface area contributed by atoms with Gasteiger partial charge in [0.25, 0.3) is 5.56 Å². The Bertz CT molecular complexity index is 1830. The van der Waals surface area contributed by atoms with Crippen LogP contribution in [0.15, 0.2) is 84.0 Å². The second kappa shape index (κ2) is 8.83. The van der Waals surface area contributed by atoms with Gasteiger partial charge in [-0.1, -0.05) is 30.3 Å². The Morgan fingerprint density at radius 2 is 1.76 bits per heavy atom. The fourth-order valence-corrected chi connectivity index (χ4v) is 4.52. The first-order valence-electron chi connectivity index (χ1n) is 11.7. The van der Waals surface area contributed by atoms with E-state index in [1.54, 1.807) is 27.7 Å². The fraction of sp³-hybridized carbons (Fsp3) is 0.111. The van der Waals surface area contributed by atoms with Crippen LogP contribution < -0.4 is 16.6 Å². The minimum absolute atomic E-state index is 0.128. The van der Waals surface area contributed by atoms with Crippen molar-refractivity contribution in [1.82, 2.24) is 34.3 Å². The average molecular weight is 490 g/mol. The quantitative estimate of drug-likeness (QED) is 0.373. The van der Waals surface area contributed by atoms with Crippen LogP contribution in [-0.4, -0.2) is 34.3 Å². The number of nitrogens with two attached hydrogens (primary N) is 1. The molecular formula is C27H23N9O. The predicted molar refractivity (Wildman–Crippen MR) is 143 cm³/mol. The van der Waals surface area contributed by atoms with Crippen LogP contribution in [-0.2, 0) is 7.05 Å². The highest BCUT2D eigenvalue weighted by molar-refractivity contribution is 5.94. The van der Waals surface area contributed by atoms with Crippen molar-refractivity contribution < 1.29 is 0 Å². The van der Waals surface area contributed by atoms with Crippen molar-refractivity contribution in [1.29, 1.82) is 0 Å². The van der Waals surface area contributed by atoms with Crippen LogP contribution in [0.2, 0.25) is 0 Å². The zero-order valence-corrected chi connectivity index (χ0v) is 20.2. The molecule has 4 aromatic heterocycles. The van der Waals surface area contributed by atoms with Crippen LogP contribution >= 0.6 is 0 Å². The van der Waals surface area contributed by atoms with Gasteiger partial charge >= 0.3 is 0 Å². The lowest BCUT2D eigenvalue weighted by Gasteiger charge is -2.21. The Morgan fingerprint density at radius 1 is 0.946 bits per heavy atom. The van der Waals surface area contributed by atoms with Crippen molar-refractivity contribution in [3.8, 4) is 16.8 Å². The molecule has 6 rings (SSSR count). The topological polar surface area (TPSA) is 129 Å². The molecule has 0 saturated carbocycles. The number of benzene rings is 2. The molecule has 10 nitrogen and oxygen atoms in total. The highest BCUT2D eigenvalue weighted by atomic mass is 16.1. The summed E-state index contributed by atoms with van der Waals surface area (Å²) in [6.07, 6.45) is 5.30. The normalized spacial score (nSPS) is 12.2. The number of hydrogen-bond acceptors (Lipinski definition) is 8. The van der Waals surface area contributed by atoms with Gasteiger partial charge in [-0.15, -0.1) is 0 Å². The summed E-state index contributed by atoms with van der Waals surface area (Å²) in [5.41, 5.74) is 9.91. The number of para-hydroxylation sites is 1. The van der Waals surface area contributed by atoms with Gasteiger partial charge in [-0.3, -0.25) is 19.0 Å². The zero-order chi connectivity index (χ0) is 25.5. The van der Waals surface area contributed by atoms with E-state index >= 15 is 0 Å². The molecule has 0 aliphatic rings. The molecule has 2 aromatic carbocycles. The van der Waals surface area contributed by atoms with E-state index in [1.165, 1.54) is 0 Å². The lowest BCUT2D eigenvalue weighted by molar-refractivity contribution is 0.732. The summed E-state index contributed by atoms with van der Waals surface area (Å²) in [6, 6.07) is 18.3. The average Bonchev–Trinajstić information content (AvgIpc) is 3.34. The molecule has 37 heavy (non-hydrogen) atoms. The van der Waals surface area contributed by atoms with Crippen molar-refractivity contribution in [3.05, 3.63) is 95.4 Å². The Labute approximate surface area is 211 Å². The maximum atomic E-state index is 14.2. The van der Waals surface area contributed by atoms with Gasteiger partial charge in [-0.25, -0.2) is 9.97 Å². The lowest BCUT2D eigenvalue weighted by atomic mass is 10.0. The summed E-state index contributed by atoms with van der Waals surface area (Å²) in [5, 5.41) is 8.17. The van der Waals surface area contributed by atoms with E-state index in [0.717, 1.165) is 11.1 Å². The van der Waals surface area contributed by atoms with Gasteiger partial charge < -0.3 is 11.1 Å². The lowest BCUT2D eigenvalue weighted by Crippen LogP contribution is -2.28. The molecule has 1 unspecified atom stereocenters. The van der Waals surface area contributed by atoms with Gasteiger partial charge in [0.1, 0.15) is 11.3 Å². The SMILES string of the molecule is CC(Nc1nc(N)nc2cccnc12)c1nc2cccc(-c3cnn(C)c3)c2c(=O)n1-c1ccccc1. The van der Waals surface area contributed by atoms with Crippen LogP contribution in [0.5, 0.6) is 0 Å². The Morgan fingerprint density at radius 3 is 2.54 bits per heavy atom. The van der Waals surface area contributed by atoms with Crippen LogP contribution in [0.3, 0.4) is 0 Å². The molecule has 0 spiro atoms. The van der Waals surface area contributed by atoms with E-state index in [-0.39, 0.29) is 11.5 Å². The second-order valence-corrected chi connectivity index (χ2v) is 8.72. The van der Waals surface area contributed by atoms with Crippen molar-refractivity contribution >= 4 is 33.7 Å². The predicted octanol–water partition coefficient (Wildman–Crippen LogP) is 3.88. The van der Waals surface area contributed by atoms with E-state index in [9.17, 15) is 4.79 Å². The molecular weight excluding hydrogens is 466 g/mol. The first-order chi connectivity index (χ1) is 18.0. The van der Waals surface area contributed by atoms with E-state index in [2.05, 4.69) is 25.4 Å². The monoisotopic (exact) mass is 489 g/mol. The molecule has 0 bridgehead atoms. The van der Waals surface area contributed by atoms with Crippen molar-refractivity contribution in [2.75, 3.05) is 11.1 Å². The third-order valence-electron chi connectivity index (χ3n) is 6.17. The number of anilines is 2. The molecule has 3 N–H and O–H groups in total. The third kappa shape index (κ3) is 3.94. The zero-order valence-electron chi connectivity index (χ0n) is 20.2. The maximum Gasteiger partial charge on any atom is 0.266 e. The molecule has 1 atom stereocenters. The molecule has 0 aliphatic carbocycles. The van der Waals surface area contributed by atoms with Gasteiger partial charge in [-0.2, -0.15) is 10.1 Å². The summed E-state index contributed by atoms with van der Waals surface area (Å²) in [5.74, 6) is 1.12. The third-order valence-corrected chi connectivity index (χ3v) is 6.17. The van der Waals surface area contributed by atoms with Crippen LogP contribution in [0.1, 0.15) is 18.8 Å².